The Morgan fingerprint density at radius 2 is 1.69 bits per heavy atom. The van der Waals surface area contributed by atoms with Crippen LogP contribution in [0.2, 0.25) is 0 Å². The van der Waals surface area contributed by atoms with E-state index < -0.39 is 0 Å². The molecule has 2 amide bonds. The Balaban J connectivity index is 1.55. The number of thioether (sulfide) groups is 1. The molecule has 0 unspecified atom stereocenters. The van der Waals surface area contributed by atoms with Crippen LogP contribution in [0.5, 0.6) is 0 Å². The number of piperazine rings is 1. The summed E-state index contributed by atoms with van der Waals surface area (Å²) in [6.45, 7) is 4.46. The van der Waals surface area contributed by atoms with Gasteiger partial charge in [0.1, 0.15) is 0 Å². The summed E-state index contributed by atoms with van der Waals surface area (Å²) in [6.07, 6.45) is 2.02. The first-order chi connectivity index (χ1) is 12.6. The Hall–Kier alpha value is -2.47. The molecule has 1 N–H and O–H groups in total. The van der Waals surface area contributed by atoms with Crippen LogP contribution in [-0.2, 0) is 0 Å². The standard InChI is InChI=1S/C20H23N3O2S/c1-15(24)16-6-8-18(9-7-16)22-10-12-23(13-11-22)20(25)21-17-4-3-5-19(14-17)26-2/h3-9,14H,10-13H2,1-2H3,(H,21,25). The molecule has 0 radical (unpaired) electrons. The lowest BCUT2D eigenvalue weighted by Crippen LogP contribution is -2.50. The number of anilines is 2. The van der Waals surface area contributed by atoms with Crippen LogP contribution in [0.1, 0.15) is 17.3 Å². The van der Waals surface area contributed by atoms with Crippen molar-refractivity contribution >= 4 is 35.0 Å². The lowest BCUT2D eigenvalue weighted by atomic mass is 10.1. The van der Waals surface area contributed by atoms with E-state index in [0.717, 1.165) is 34.9 Å². The van der Waals surface area contributed by atoms with Crippen LogP contribution in [0, 0.1) is 0 Å². The van der Waals surface area contributed by atoms with E-state index in [1.807, 2.05) is 59.7 Å². The van der Waals surface area contributed by atoms with Gasteiger partial charge in [-0.05, 0) is 55.6 Å². The molecule has 0 bridgehead atoms. The molecule has 5 nitrogen and oxygen atoms in total. The zero-order chi connectivity index (χ0) is 18.5. The van der Waals surface area contributed by atoms with E-state index in [9.17, 15) is 9.59 Å². The number of ketones is 1. The van der Waals surface area contributed by atoms with Crippen molar-refractivity contribution in [3.8, 4) is 0 Å². The van der Waals surface area contributed by atoms with Gasteiger partial charge in [-0.3, -0.25) is 4.79 Å². The first-order valence-electron chi connectivity index (χ1n) is 8.63. The lowest BCUT2D eigenvalue weighted by Gasteiger charge is -2.36. The highest BCUT2D eigenvalue weighted by Gasteiger charge is 2.21. The second kappa shape index (κ2) is 8.27. The molecule has 2 aromatic carbocycles. The van der Waals surface area contributed by atoms with Crippen molar-refractivity contribution in [3.63, 3.8) is 0 Å². The number of benzene rings is 2. The Morgan fingerprint density at radius 1 is 1.00 bits per heavy atom. The van der Waals surface area contributed by atoms with Gasteiger partial charge in [-0.1, -0.05) is 6.07 Å². The maximum atomic E-state index is 12.5. The maximum absolute atomic E-state index is 12.5. The Morgan fingerprint density at radius 3 is 2.31 bits per heavy atom. The van der Waals surface area contributed by atoms with Crippen molar-refractivity contribution in [1.29, 1.82) is 0 Å². The van der Waals surface area contributed by atoms with Crippen LogP contribution in [0.25, 0.3) is 0 Å². The Bertz CT molecular complexity index is 784. The van der Waals surface area contributed by atoms with Crippen LogP contribution in [0.4, 0.5) is 16.2 Å². The van der Waals surface area contributed by atoms with E-state index in [1.165, 1.54) is 0 Å². The predicted octanol–water partition coefficient (Wildman–Crippen LogP) is 3.97. The quantitative estimate of drug-likeness (QED) is 0.655. The first-order valence-corrected chi connectivity index (χ1v) is 9.85. The highest BCUT2D eigenvalue weighted by atomic mass is 32.2. The number of amides is 2. The van der Waals surface area contributed by atoms with Gasteiger partial charge in [-0.15, -0.1) is 11.8 Å². The number of carbonyl (C=O) groups is 2. The summed E-state index contributed by atoms with van der Waals surface area (Å²) in [5, 5.41) is 2.98. The second-order valence-electron chi connectivity index (χ2n) is 6.24. The van der Waals surface area contributed by atoms with Crippen LogP contribution >= 0.6 is 11.8 Å². The number of hydrogen-bond acceptors (Lipinski definition) is 4. The molecule has 0 aromatic heterocycles. The number of carbonyl (C=O) groups excluding carboxylic acids is 2. The molecule has 1 aliphatic heterocycles. The molecule has 26 heavy (non-hydrogen) atoms. The highest BCUT2D eigenvalue weighted by molar-refractivity contribution is 7.98. The van der Waals surface area contributed by atoms with Gasteiger partial charge < -0.3 is 15.1 Å². The summed E-state index contributed by atoms with van der Waals surface area (Å²) >= 11 is 1.65. The monoisotopic (exact) mass is 369 g/mol. The zero-order valence-corrected chi connectivity index (χ0v) is 15.9. The third-order valence-electron chi connectivity index (χ3n) is 4.53. The van der Waals surface area contributed by atoms with Gasteiger partial charge in [0.05, 0.1) is 0 Å². The summed E-state index contributed by atoms with van der Waals surface area (Å²) in [6, 6.07) is 15.5. The third kappa shape index (κ3) is 4.38. The smallest absolute Gasteiger partial charge is 0.321 e. The minimum absolute atomic E-state index is 0.0603. The van der Waals surface area contributed by atoms with E-state index in [0.29, 0.717) is 13.1 Å². The summed E-state index contributed by atoms with van der Waals surface area (Å²) in [5.41, 5.74) is 2.63. The molecule has 1 aliphatic rings. The molecule has 136 valence electrons. The van der Waals surface area contributed by atoms with Gasteiger partial charge >= 0.3 is 6.03 Å². The van der Waals surface area contributed by atoms with Crippen LogP contribution < -0.4 is 10.2 Å². The fourth-order valence-corrected chi connectivity index (χ4v) is 3.44. The summed E-state index contributed by atoms with van der Waals surface area (Å²) in [4.78, 5) is 29.1. The van der Waals surface area contributed by atoms with Gasteiger partial charge in [0.25, 0.3) is 0 Å². The normalized spacial score (nSPS) is 14.2. The predicted molar refractivity (Wildman–Crippen MR) is 107 cm³/mol. The summed E-state index contributed by atoms with van der Waals surface area (Å²) in [7, 11) is 0. The van der Waals surface area contributed by atoms with Crippen molar-refractivity contribution < 1.29 is 9.59 Å². The number of Topliss-reactive ketones (excluding diaryl/α,β-unsaturated/α-hetero) is 1. The van der Waals surface area contributed by atoms with E-state index in [2.05, 4.69) is 10.2 Å². The van der Waals surface area contributed by atoms with Gasteiger partial charge in [0.2, 0.25) is 0 Å². The molecule has 1 saturated heterocycles. The van der Waals surface area contributed by atoms with E-state index in [4.69, 9.17) is 0 Å². The molecular weight excluding hydrogens is 346 g/mol. The van der Waals surface area contributed by atoms with Gasteiger partial charge in [-0.25, -0.2) is 4.79 Å². The molecule has 6 heteroatoms. The zero-order valence-electron chi connectivity index (χ0n) is 15.1. The lowest BCUT2D eigenvalue weighted by molar-refractivity contribution is 0.101. The molecule has 2 aromatic rings. The Labute approximate surface area is 158 Å². The minimum atomic E-state index is -0.0603. The van der Waals surface area contributed by atoms with Crippen molar-refractivity contribution in [1.82, 2.24) is 4.90 Å². The van der Waals surface area contributed by atoms with Crippen LogP contribution in [0.3, 0.4) is 0 Å². The topological polar surface area (TPSA) is 52.7 Å². The van der Waals surface area contributed by atoms with Gasteiger partial charge in [0, 0.05) is 48.0 Å². The first kappa shape index (κ1) is 18.3. The van der Waals surface area contributed by atoms with E-state index in [1.54, 1.807) is 18.7 Å². The third-order valence-corrected chi connectivity index (χ3v) is 5.25. The summed E-state index contributed by atoms with van der Waals surface area (Å²) < 4.78 is 0. The average molecular weight is 369 g/mol. The molecule has 3 rings (SSSR count). The molecule has 1 heterocycles. The molecule has 0 spiro atoms. The number of rotatable bonds is 4. The molecular formula is C20H23N3O2S. The maximum Gasteiger partial charge on any atom is 0.321 e. The Kier molecular flexibility index (Phi) is 5.83. The van der Waals surface area contributed by atoms with Crippen LogP contribution in [-0.4, -0.2) is 49.1 Å². The molecule has 0 aliphatic carbocycles. The number of nitrogens with one attached hydrogen (secondary N) is 1. The van der Waals surface area contributed by atoms with E-state index >= 15 is 0 Å². The fraction of sp³-hybridized carbons (Fsp3) is 0.300. The molecule has 0 saturated carbocycles. The van der Waals surface area contributed by atoms with Crippen LogP contribution in [0.15, 0.2) is 53.4 Å². The van der Waals surface area contributed by atoms with E-state index in [-0.39, 0.29) is 11.8 Å². The second-order valence-corrected chi connectivity index (χ2v) is 7.12. The van der Waals surface area contributed by atoms with Gasteiger partial charge in [0.15, 0.2) is 5.78 Å². The fourth-order valence-electron chi connectivity index (χ4n) is 2.98. The van der Waals surface area contributed by atoms with Crippen molar-refractivity contribution in [2.24, 2.45) is 0 Å². The molecule has 0 atom stereocenters. The number of nitrogens with zero attached hydrogens (tertiary/aromatic N) is 2. The minimum Gasteiger partial charge on any atom is -0.368 e. The van der Waals surface area contributed by atoms with Gasteiger partial charge in [-0.2, -0.15) is 0 Å². The SMILES string of the molecule is CSc1cccc(NC(=O)N2CCN(c3ccc(C(C)=O)cc3)CC2)c1. The van der Waals surface area contributed by atoms with Crippen molar-refractivity contribution in [3.05, 3.63) is 54.1 Å². The number of hydrogen-bond donors (Lipinski definition) is 1. The average Bonchev–Trinajstić information content (AvgIpc) is 2.68. The molecule has 1 fully saturated rings. The summed E-state index contributed by atoms with van der Waals surface area (Å²) in [5.74, 6) is 0.0728. The van der Waals surface area contributed by atoms with Crippen molar-refractivity contribution in [2.45, 2.75) is 11.8 Å². The highest BCUT2D eigenvalue weighted by Crippen LogP contribution is 2.20. The number of urea groups is 1. The largest absolute Gasteiger partial charge is 0.368 e. The van der Waals surface area contributed by atoms with Crippen molar-refractivity contribution in [2.75, 3.05) is 42.7 Å².